The van der Waals surface area contributed by atoms with Crippen molar-refractivity contribution < 1.29 is 18.4 Å². The second-order valence-corrected chi connectivity index (χ2v) is 6.83. The number of benzene rings is 2. The molecule has 0 aliphatic carbocycles. The molecule has 4 rings (SSSR count). The average molecular weight is 381 g/mol. The van der Waals surface area contributed by atoms with Crippen LogP contribution in [0.25, 0.3) is 11.0 Å². The van der Waals surface area contributed by atoms with Gasteiger partial charge in [-0.05, 0) is 31.3 Å². The standard InChI is InChI=1S/C21H20FN3O3/c1-24-10-12-25(13-11-24)21(27)19-18(15-7-3-5-9-17(15)28-19)23-20(26)14-6-2-4-8-16(14)22/h2-9H,10-13H2,1H3,(H,23,26). The van der Waals surface area contributed by atoms with E-state index >= 15 is 0 Å². The van der Waals surface area contributed by atoms with Crippen molar-refractivity contribution in [3.63, 3.8) is 0 Å². The highest BCUT2D eigenvalue weighted by molar-refractivity contribution is 6.14. The lowest BCUT2D eigenvalue weighted by atomic mass is 10.1. The lowest BCUT2D eigenvalue weighted by Crippen LogP contribution is -2.47. The number of hydrogen-bond donors (Lipinski definition) is 1. The first kappa shape index (κ1) is 18.2. The molecule has 7 heteroatoms. The summed E-state index contributed by atoms with van der Waals surface area (Å²) in [5, 5.41) is 3.29. The Balaban J connectivity index is 1.70. The number of anilines is 1. The highest BCUT2D eigenvalue weighted by Gasteiger charge is 2.28. The number of hydrogen-bond acceptors (Lipinski definition) is 4. The van der Waals surface area contributed by atoms with E-state index in [9.17, 15) is 14.0 Å². The number of piperazine rings is 1. The zero-order valence-electron chi connectivity index (χ0n) is 15.4. The first-order chi connectivity index (χ1) is 13.5. The number of amides is 2. The van der Waals surface area contributed by atoms with Crippen molar-refractivity contribution in [1.29, 1.82) is 0 Å². The summed E-state index contributed by atoms with van der Waals surface area (Å²) in [6.07, 6.45) is 0. The van der Waals surface area contributed by atoms with Gasteiger partial charge in [0.15, 0.2) is 0 Å². The van der Waals surface area contributed by atoms with Crippen LogP contribution in [0.3, 0.4) is 0 Å². The van der Waals surface area contributed by atoms with Crippen molar-refractivity contribution in [3.8, 4) is 0 Å². The SMILES string of the molecule is CN1CCN(C(=O)c2oc3ccccc3c2NC(=O)c2ccccc2F)CC1. The zero-order chi connectivity index (χ0) is 19.7. The Morgan fingerprint density at radius 3 is 2.43 bits per heavy atom. The summed E-state index contributed by atoms with van der Waals surface area (Å²) in [7, 11) is 2.00. The Morgan fingerprint density at radius 2 is 1.68 bits per heavy atom. The van der Waals surface area contributed by atoms with Crippen molar-refractivity contribution in [2.75, 3.05) is 38.5 Å². The molecule has 1 fully saturated rings. The molecule has 28 heavy (non-hydrogen) atoms. The predicted octanol–water partition coefficient (Wildman–Crippen LogP) is 3.21. The maximum atomic E-state index is 14.0. The molecular weight excluding hydrogens is 361 g/mol. The average Bonchev–Trinajstić information content (AvgIpc) is 3.07. The van der Waals surface area contributed by atoms with Gasteiger partial charge in [0.2, 0.25) is 5.76 Å². The minimum absolute atomic E-state index is 0.0652. The van der Waals surface area contributed by atoms with Gasteiger partial charge in [0.05, 0.1) is 5.56 Å². The normalized spacial score (nSPS) is 15.0. The number of fused-ring (bicyclic) bond motifs is 1. The zero-order valence-corrected chi connectivity index (χ0v) is 15.4. The minimum atomic E-state index is -0.628. The first-order valence-electron chi connectivity index (χ1n) is 9.10. The third-order valence-corrected chi connectivity index (χ3v) is 4.94. The maximum Gasteiger partial charge on any atom is 0.291 e. The highest BCUT2D eigenvalue weighted by Crippen LogP contribution is 2.32. The van der Waals surface area contributed by atoms with E-state index < -0.39 is 11.7 Å². The summed E-state index contributed by atoms with van der Waals surface area (Å²) in [5.41, 5.74) is 0.669. The van der Waals surface area contributed by atoms with Crippen LogP contribution in [-0.4, -0.2) is 54.8 Å². The Labute approximate surface area is 161 Å². The molecule has 2 amide bonds. The molecule has 0 bridgehead atoms. The lowest BCUT2D eigenvalue weighted by Gasteiger charge is -2.32. The number of carbonyl (C=O) groups excluding carboxylic acids is 2. The fraction of sp³-hybridized carbons (Fsp3) is 0.238. The third kappa shape index (κ3) is 3.36. The molecule has 3 aromatic rings. The number of halogens is 1. The van der Waals surface area contributed by atoms with Gasteiger partial charge >= 0.3 is 0 Å². The Morgan fingerprint density at radius 1 is 1.00 bits per heavy atom. The molecule has 0 radical (unpaired) electrons. The van der Waals surface area contributed by atoms with E-state index in [2.05, 4.69) is 10.2 Å². The van der Waals surface area contributed by atoms with E-state index in [4.69, 9.17) is 4.42 Å². The second-order valence-electron chi connectivity index (χ2n) is 6.83. The van der Waals surface area contributed by atoms with E-state index in [1.807, 2.05) is 7.05 Å². The van der Waals surface area contributed by atoms with Crippen molar-refractivity contribution in [2.45, 2.75) is 0 Å². The van der Waals surface area contributed by atoms with Crippen LogP contribution < -0.4 is 5.32 Å². The van der Waals surface area contributed by atoms with Crippen LogP contribution in [-0.2, 0) is 0 Å². The molecule has 1 aromatic heterocycles. The number of likely N-dealkylation sites (N-methyl/N-ethyl adjacent to an activating group) is 1. The Bertz CT molecular complexity index is 1040. The first-order valence-corrected chi connectivity index (χ1v) is 9.10. The van der Waals surface area contributed by atoms with Gasteiger partial charge in [0.1, 0.15) is 17.1 Å². The van der Waals surface area contributed by atoms with Gasteiger partial charge in [-0.15, -0.1) is 0 Å². The summed E-state index contributed by atoms with van der Waals surface area (Å²) in [5.74, 6) is -1.47. The van der Waals surface area contributed by atoms with Crippen molar-refractivity contribution in [1.82, 2.24) is 9.80 Å². The quantitative estimate of drug-likeness (QED) is 0.757. The van der Waals surface area contributed by atoms with Crippen LogP contribution in [0.15, 0.2) is 52.9 Å². The Hall–Kier alpha value is -3.19. The number of carbonyl (C=O) groups is 2. The highest BCUT2D eigenvalue weighted by atomic mass is 19.1. The Kier molecular flexibility index (Phi) is 4.83. The molecular formula is C21H20FN3O3. The smallest absolute Gasteiger partial charge is 0.291 e. The van der Waals surface area contributed by atoms with Crippen molar-refractivity contribution in [2.24, 2.45) is 0 Å². The molecule has 0 spiro atoms. The van der Waals surface area contributed by atoms with Crippen LogP contribution in [0.1, 0.15) is 20.9 Å². The number of rotatable bonds is 3. The summed E-state index contributed by atoms with van der Waals surface area (Å²) in [6, 6.07) is 12.8. The molecule has 1 aliphatic heterocycles. The molecule has 0 atom stereocenters. The van der Waals surface area contributed by atoms with Crippen LogP contribution in [0, 0.1) is 5.82 Å². The molecule has 144 valence electrons. The van der Waals surface area contributed by atoms with Gasteiger partial charge in [0, 0.05) is 31.6 Å². The van der Waals surface area contributed by atoms with Gasteiger partial charge in [-0.2, -0.15) is 0 Å². The van der Waals surface area contributed by atoms with Crippen LogP contribution in [0.4, 0.5) is 10.1 Å². The monoisotopic (exact) mass is 381 g/mol. The number of furan rings is 1. The predicted molar refractivity (Wildman–Crippen MR) is 104 cm³/mol. The van der Waals surface area contributed by atoms with Crippen LogP contribution in [0.5, 0.6) is 0 Å². The van der Waals surface area contributed by atoms with E-state index in [1.54, 1.807) is 35.2 Å². The van der Waals surface area contributed by atoms with E-state index in [0.717, 1.165) is 13.1 Å². The number of para-hydroxylation sites is 1. The van der Waals surface area contributed by atoms with Gasteiger partial charge in [-0.1, -0.05) is 24.3 Å². The van der Waals surface area contributed by atoms with Crippen molar-refractivity contribution in [3.05, 3.63) is 65.7 Å². The summed E-state index contributed by atoms with van der Waals surface area (Å²) in [6.45, 7) is 2.69. The molecule has 1 aliphatic rings. The summed E-state index contributed by atoms with van der Waals surface area (Å²) >= 11 is 0. The van der Waals surface area contributed by atoms with Gasteiger partial charge in [-0.3, -0.25) is 9.59 Å². The van der Waals surface area contributed by atoms with E-state index in [-0.39, 0.29) is 22.9 Å². The summed E-state index contributed by atoms with van der Waals surface area (Å²) in [4.78, 5) is 29.6. The molecule has 1 N–H and O–H groups in total. The van der Waals surface area contributed by atoms with Gasteiger partial charge in [0.25, 0.3) is 11.8 Å². The fourth-order valence-corrected chi connectivity index (χ4v) is 3.30. The lowest BCUT2D eigenvalue weighted by molar-refractivity contribution is 0.0636. The van der Waals surface area contributed by atoms with Crippen LogP contribution >= 0.6 is 0 Å². The number of nitrogens with one attached hydrogen (secondary N) is 1. The molecule has 0 saturated carbocycles. The maximum absolute atomic E-state index is 14.0. The topological polar surface area (TPSA) is 65.8 Å². The van der Waals surface area contributed by atoms with Crippen LogP contribution in [0.2, 0.25) is 0 Å². The molecule has 2 heterocycles. The molecule has 0 unspecified atom stereocenters. The molecule has 6 nitrogen and oxygen atoms in total. The fourth-order valence-electron chi connectivity index (χ4n) is 3.30. The third-order valence-electron chi connectivity index (χ3n) is 4.94. The number of nitrogens with zero attached hydrogens (tertiary/aromatic N) is 2. The second kappa shape index (κ2) is 7.44. The molecule has 2 aromatic carbocycles. The van der Waals surface area contributed by atoms with E-state index in [0.29, 0.717) is 24.1 Å². The van der Waals surface area contributed by atoms with Crippen molar-refractivity contribution >= 4 is 28.5 Å². The van der Waals surface area contributed by atoms with Gasteiger partial charge in [-0.25, -0.2) is 4.39 Å². The minimum Gasteiger partial charge on any atom is -0.449 e. The summed E-state index contributed by atoms with van der Waals surface area (Å²) < 4.78 is 19.8. The van der Waals surface area contributed by atoms with E-state index in [1.165, 1.54) is 18.2 Å². The largest absolute Gasteiger partial charge is 0.449 e. The molecule has 1 saturated heterocycles. The van der Waals surface area contributed by atoms with Gasteiger partial charge < -0.3 is 19.5 Å².